The lowest BCUT2D eigenvalue weighted by Gasteiger charge is -2.35. The summed E-state index contributed by atoms with van der Waals surface area (Å²) in [5.41, 5.74) is 2.02. The van der Waals surface area contributed by atoms with Crippen molar-refractivity contribution in [2.45, 2.75) is 11.8 Å². The van der Waals surface area contributed by atoms with E-state index in [-0.39, 0.29) is 0 Å². The van der Waals surface area contributed by atoms with E-state index in [1.807, 2.05) is 31.2 Å². The van der Waals surface area contributed by atoms with E-state index in [0.29, 0.717) is 35.5 Å². The Hall–Kier alpha value is -2.03. The molecule has 140 valence electrons. The van der Waals surface area contributed by atoms with Gasteiger partial charge in [-0.05, 0) is 46.6 Å². The van der Waals surface area contributed by atoms with Crippen molar-refractivity contribution in [3.63, 3.8) is 0 Å². The van der Waals surface area contributed by atoms with Gasteiger partial charge in [0.2, 0.25) is 10.0 Å². The molecule has 2 aromatic carbocycles. The monoisotopic (exact) mass is 446 g/mol. The molecule has 0 radical (unpaired) electrons. The number of hydrogen-bond donors (Lipinski definition) is 0. The number of aryl methyl sites for hydroxylation is 1. The molecule has 0 unspecified atom stereocenters. The second kappa shape index (κ2) is 7.18. The van der Waals surface area contributed by atoms with Gasteiger partial charge in [0.1, 0.15) is 12.1 Å². The number of anilines is 1. The van der Waals surface area contributed by atoms with E-state index in [1.54, 1.807) is 28.8 Å². The largest absolute Gasteiger partial charge is 0.353 e. The predicted octanol–water partition coefficient (Wildman–Crippen LogP) is 3.21. The summed E-state index contributed by atoms with van der Waals surface area (Å²) in [6, 6.07) is 12.9. The third kappa shape index (κ3) is 3.33. The summed E-state index contributed by atoms with van der Waals surface area (Å²) in [7, 11) is -3.52. The molecule has 0 bridgehead atoms. The van der Waals surface area contributed by atoms with Crippen LogP contribution in [0.15, 0.2) is 58.2 Å². The predicted molar refractivity (Wildman–Crippen MR) is 109 cm³/mol. The zero-order chi connectivity index (χ0) is 19.0. The van der Waals surface area contributed by atoms with Crippen molar-refractivity contribution in [3.8, 4) is 0 Å². The van der Waals surface area contributed by atoms with Crippen molar-refractivity contribution in [1.29, 1.82) is 0 Å². The quantitative estimate of drug-likeness (QED) is 0.617. The van der Waals surface area contributed by atoms with Crippen LogP contribution >= 0.6 is 15.9 Å². The van der Waals surface area contributed by atoms with Crippen LogP contribution in [-0.4, -0.2) is 48.9 Å². The van der Waals surface area contributed by atoms with Gasteiger partial charge in [0.25, 0.3) is 0 Å². The summed E-state index contributed by atoms with van der Waals surface area (Å²) >= 11 is 3.35. The lowest BCUT2D eigenvalue weighted by Crippen LogP contribution is -2.49. The smallest absolute Gasteiger partial charge is 0.244 e. The molecule has 1 saturated heterocycles. The van der Waals surface area contributed by atoms with Crippen molar-refractivity contribution in [1.82, 2.24) is 14.3 Å². The zero-order valence-corrected chi connectivity index (χ0v) is 17.2. The SMILES string of the molecule is Cc1cccc2ncnc(N3CCN(S(=O)(=O)c4ccccc4Br)CC3)c12. The van der Waals surface area contributed by atoms with E-state index in [2.05, 4.69) is 30.8 Å². The highest BCUT2D eigenvalue weighted by Gasteiger charge is 2.30. The van der Waals surface area contributed by atoms with Gasteiger partial charge in [0.15, 0.2) is 0 Å². The molecule has 1 aliphatic rings. The highest BCUT2D eigenvalue weighted by molar-refractivity contribution is 9.10. The Labute approximate surface area is 167 Å². The fraction of sp³-hybridized carbons (Fsp3) is 0.263. The molecule has 0 spiro atoms. The van der Waals surface area contributed by atoms with E-state index in [4.69, 9.17) is 0 Å². The molecule has 0 aliphatic carbocycles. The van der Waals surface area contributed by atoms with Crippen molar-refractivity contribution in [2.75, 3.05) is 31.1 Å². The first-order chi connectivity index (χ1) is 13.0. The van der Waals surface area contributed by atoms with Crippen LogP contribution in [0.2, 0.25) is 0 Å². The van der Waals surface area contributed by atoms with E-state index < -0.39 is 10.0 Å². The standard InChI is InChI=1S/C19H19BrN4O2S/c1-14-5-4-7-16-18(14)19(22-13-21-16)23-9-11-24(12-10-23)27(25,26)17-8-3-2-6-15(17)20/h2-8,13H,9-12H2,1H3. The van der Waals surface area contributed by atoms with Crippen LogP contribution in [0.25, 0.3) is 10.9 Å². The lowest BCUT2D eigenvalue weighted by atomic mass is 10.1. The van der Waals surface area contributed by atoms with E-state index >= 15 is 0 Å². The number of piperazine rings is 1. The molecule has 0 N–H and O–H groups in total. The summed E-state index contributed by atoms with van der Waals surface area (Å²) in [4.78, 5) is 11.3. The van der Waals surface area contributed by atoms with Crippen LogP contribution in [0.4, 0.5) is 5.82 Å². The maximum atomic E-state index is 13.0. The van der Waals surface area contributed by atoms with Crippen LogP contribution in [0.3, 0.4) is 0 Å². The summed E-state index contributed by atoms with van der Waals surface area (Å²) in [6.07, 6.45) is 1.57. The number of benzene rings is 2. The first-order valence-electron chi connectivity index (χ1n) is 8.68. The molecule has 1 aromatic heterocycles. The zero-order valence-electron chi connectivity index (χ0n) is 14.8. The third-order valence-corrected chi connectivity index (χ3v) is 7.75. The van der Waals surface area contributed by atoms with E-state index in [9.17, 15) is 8.42 Å². The fourth-order valence-electron chi connectivity index (χ4n) is 3.43. The Bertz CT molecular complexity index is 1090. The maximum absolute atomic E-state index is 13.0. The van der Waals surface area contributed by atoms with Crippen molar-refractivity contribution in [2.24, 2.45) is 0 Å². The second-order valence-corrected chi connectivity index (χ2v) is 9.25. The highest BCUT2D eigenvalue weighted by atomic mass is 79.9. The molecule has 6 nitrogen and oxygen atoms in total. The Balaban J connectivity index is 1.59. The van der Waals surface area contributed by atoms with Gasteiger partial charge in [0.05, 0.1) is 10.4 Å². The minimum Gasteiger partial charge on any atom is -0.353 e. The average molecular weight is 447 g/mol. The molecule has 0 saturated carbocycles. The fourth-order valence-corrected chi connectivity index (χ4v) is 5.82. The number of sulfonamides is 1. The van der Waals surface area contributed by atoms with Crippen LogP contribution in [0.5, 0.6) is 0 Å². The molecular weight excluding hydrogens is 428 g/mol. The summed E-state index contributed by atoms with van der Waals surface area (Å²) in [6.45, 7) is 4.05. The topological polar surface area (TPSA) is 66.4 Å². The van der Waals surface area contributed by atoms with Crippen LogP contribution < -0.4 is 4.90 Å². The van der Waals surface area contributed by atoms with Gasteiger partial charge < -0.3 is 4.90 Å². The second-order valence-electron chi connectivity index (χ2n) is 6.49. The normalized spacial score (nSPS) is 16.0. The van der Waals surface area contributed by atoms with Gasteiger partial charge >= 0.3 is 0 Å². The van der Waals surface area contributed by atoms with Crippen molar-refractivity contribution < 1.29 is 8.42 Å². The molecule has 2 heterocycles. The van der Waals surface area contributed by atoms with Crippen LogP contribution in [0.1, 0.15) is 5.56 Å². The van der Waals surface area contributed by atoms with Crippen LogP contribution in [-0.2, 0) is 10.0 Å². The maximum Gasteiger partial charge on any atom is 0.244 e. The molecule has 1 aliphatic heterocycles. The van der Waals surface area contributed by atoms with Crippen molar-refractivity contribution in [3.05, 3.63) is 58.8 Å². The van der Waals surface area contributed by atoms with Gasteiger partial charge in [-0.2, -0.15) is 4.31 Å². The Morgan fingerprint density at radius 2 is 1.70 bits per heavy atom. The van der Waals surface area contributed by atoms with Gasteiger partial charge in [-0.1, -0.05) is 24.3 Å². The van der Waals surface area contributed by atoms with Gasteiger partial charge in [-0.15, -0.1) is 0 Å². The average Bonchev–Trinajstić information content (AvgIpc) is 2.68. The third-order valence-electron chi connectivity index (χ3n) is 4.84. The molecular formula is C19H19BrN4O2S. The first kappa shape index (κ1) is 18.3. The summed E-state index contributed by atoms with van der Waals surface area (Å²) in [5.74, 6) is 0.871. The molecule has 1 fully saturated rings. The molecule has 0 atom stereocenters. The van der Waals surface area contributed by atoms with Crippen LogP contribution in [0, 0.1) is 6.92 Å². The highest BCUT2D eigenvalue weighted by Crippen LogP contribution is 2.29. The summed E-state index contributed by atoms with van der Waals surface area (Å²) < 4.78 is 28.1. The Morgan fingerprint density at radius 3 is 2.44 bits per heavy atom. The number of hydrogen-bond acceptors (Lipinski definition) is 5. The lowest BCUT2D eigenvalue weighted by molar-refractivity contribution is 0.384. The molecule has 0 amide bonds. The Kier molecular flexibility index (Phi) is 4.88. The minimum absolute atomic E-state index is 0.307. The molecule has 3 aromatic rings. The van der Waals surface area contributed by atoms with Crippen molar-refractivity contribution >= 4 is 42.7 Å². The number of aromatic nitrogens is 2. The van der Waals surface area contributed by atoms with Gasteiger partial charge in [0, 0.05) is 36.0 Å². The molecule has 27 heavy (non-hydrogen) atoms. The summed E-state index contributed by atoms with van der Waals surface area (Å²) in [5, 5.41) is 1.03. The molecule has 8 heteroatoms. The Morgan fingerprint density at radius 1 is 0.963 bits per heavy atom. The first-order valence-corrected chi connectivity index (χ1v) is 10.9. The van der Waals surface area contributed by atoms with E-state index in [1.165, 1.54) is 0 Å². The number of nitrogens with zero attached hydrogens (tertiary/aromatic N) is 4. The van der Waals surface area contributed by atoms with Gasteiger partial charge in [-0.25, -0.2) is 18.4 Å². The minimum atomic E-state index is -3.52. The number of rotatable bonds is 3. The van der Waals surface area contributed by atoms with Gasteiger partial charge in [-0.3, -0.25) is 0 Å². The van der Waals surface area contributed by atoms with E-state index in [0.717, 1.165) is 22.3 Å². The number of halogens is 1. The number of fused-ring (bicyclic) bond motifs is 1. The molecule has 4 rings (SSSR count).